The van der Waals surface area contributed by atoms with Crippen molar-refractivity contribution >= 4 is 11.6 Å². The summed E-state index contributed by atoms with van der Waals surface area (Å²) in [6.07, 6.45) is -3.79. The minimum absolute atomic E-state index is 0.0463. The summed E-state index contributed by atoms with van der Waals surface area (Å²) in [4.78, 5) is 0. The fourth-order valence-electron chi connectivity index (χ4n) is 0.124. The second-order valence-corrected chi connectivity index (χ2v) is 2.35. The van der Waals surface area contributed by atoms with Gasteiger partial charge in [0.1, 0.15) is 0 Å². The van der Waals surface area contributed by atoms with Gasteiger partial charge in [-0.2, -0.15) is 8.78 Å². The smallest absolute Gasteiger partial charge is 0.230 e. The molecule has 0 bridgehead atoms. The maximum Gasteiger partial charge on any atom is 0.360 e. The van der Waals surface area contributed by atoms with E-state index in [1.54, 1.807) is 0 Å². The second kappa shape index (κ2) is 2.53. The predicted octanol–water partition coefficient (Wildman–Crippen LogP) is 2.81. The zero-order valence-electron chi connectivity index (χ0n) is 4.85. The summed E-state index contributed by atoms with van der Waals surface area (Å²) in [6, 6.07) is 0. The summed E-state index contributed by atoms with van der Waals surface area (Å²) < 4.78 is 58.1. The molecule has 0 saturated heterocycles. The molecule has 0 saturated carbocycles. The van der Waals surface area contributed by atoms with Crippen LogP contribution in [0.3, 0.4) is 0 Å². The van der Waals surface area contributed by atoms with E-state index in [4.69, 9.17) is 0 Å². The van der Waals surface area contributed by atoms with Crippen LogP contribution in [0.1, 0.15) is 6.92 Å². The third kappa shape index (κ3) is 1.71. The van der Waals surface area contributed by atoms with Gasteiger partial charge in [0.05, 0.1) is 0 Å². The molecule has 62 valence electrons. The van der Waals surface area contributed by atoms with Gasteiger partial charge in [-0.25, -0.2) is 13.2 Å². The molecule has 10 heavy (non-hydrogen) atoms. The van der Waals surface area contributed by atoms with E-state index in [-0.39, 0.29) is 6.92 Å². The van der Waals surface area contributed by atoms with Crippen LogP contribution < -0.4 is 0 Å². The van der Waals surface area contributed by atoms with Gasteiger partial charge in [-0.3, -0.25) is 0 Å². The molecule has 6 heteroatoms. The van der Waals surface area contributed by atoms with E-state index < -0.39 is 17.5 Å². The maximum atomic E-state index is 12.1. The molecule has 0 heterocycles. The summed E-state index contributed by atoms with van der Waals surface area (Å²) in [5.74, 6) is 0. The Kier molecular flexibility index (Phi) is 2.51. The van der Waals surface area contributed by atoms with Crippen LogP contribution in [0.25, 0.3) is 0 Å². The molecule has 0 rings (SSSR count). The molecule has 1 unspecified atom stereocenters. The van der Waals surface area contributed by atoms with Crippen molar-refractivity contribution in [2.24, 2.45) is 0 Å². The number of hydrogen-bond acceptors (Lipinski definition) is 0. The lowest BCUT2D eigenvalue weighted by Gasteiger charge is -2.23. The SMILES string of the molecule is CC(F)(C(F)F)C(F)(F)Cl. The Morgan fingerprint density at radius 1 is 1.20 bits per heavy atom. The Bertz CT molecular complexity index is 115. The lowest BCUT2D eigenvalue weighted by atomic mass is 10.1. The van der Waals surface area contributed by atoms with Gasteiger partial charge in [0.15, 0.2) is 0 Å². The van der Waals surface area contributed by atoms with Gasteiger partial charge in [-0.15, -0.1) is 0 Å². The third-order valence-electron chi connectivity index (χ3n) is 0.964. The van der Waals surface area contributed by atoms with Crippen LogP contribution >= 0.6 is 11.6 Å². The van der Waals surface area contributed by atoms with Gasteiger partial charge < -0.3 is 0 Å². The van der Waals surface area contributed by atoms with Crippen molar-refractivity contribution in [3.63, 3.8) is 0 Å². The highest BCUT2D eigenvalue weighted by molar-refractivity contribution is 6.22. The molecule has 0 aromatic carbocycles. The molecule has 0 amide bonds. The normalized spacial score (nSPS) is 19.2. The van der Waals surface area contributed by atoms with E-state index in [2.05, 4.69) is 11.6 Å². The monoisotopic (exact) mass is 182 g/mol. The minimum atomic E-state index is -4.53. The maximum absolute atomic E-state index is 12.1. The average molecular weight is 183 g/mol. The predicted molar refractivity (Wildman–Crippen MR) is 26.3 cm³/mol. The largest absolute Gasteiger partial charge is 0.360 e. The first-order chi connectivity index (χ1) is 4.19. The minimum Gasteiger partial charge on any atom is -0.230 e. The van der Waals surface area contributed by atoms with Gasteiger partial charge in [0, 0.05) is 0 Å². The summed E-state index contributed by atoms with van der Waals surface area (Å²) in [7, 11) is 0. The molecule has 0 aliphatic carbocycles. The molecule has 0 spiro atoms. The van der Waals surface area contributed by atoms with E-state index in [1.807, 2.05) is 0 Å². The lowest BCUT2D eigenvalue weighted by Crippen LogP contribution is -2.43. The lowest BCUT2D eigenvalue weighted by molar-refractivity contribution is -0.140. The van der Waals surface area contributed by atoms with Crippen molar-refractivity contribution in [1.29, 1.82) is 0 Å². The Balaban J connectivity index is 4.40. The van der Waals surface area contributed by atoms with Crippen molar-refractivity contribution in [2.75, 3.05) is 0 Å². The highest BCUT2D eigenvalue weighted by Gasteiger charge is 2.56. The Labute approximate surface area is 59.0 Å². The Hall–Kier alpha value is -0.0600. The zero-order chi connectivity index (χ0) is 8.58. The van der Waals surface area contributed by atoms with Crippen LogP contribution in [0.4, 0.5) is 22.0 Å². The molecular weight excluding hydrogens is 178 g/mol. The molecule has 0 fully saturated rings. The zero-order valence-corrected chi connectivity index (χ0v) is 5.60. The molecule has 0 aromatic heterocycles. The van der Waals surface area contributed by atoms with Gasteiger partial charge in [-0.1, -0.05) is 0 Å². The highest BCUT2D eigenvalue weighted by atomic mass is 35.5. The van der Waals surface area contributed by atoms with Crippen molar-refractivity contribution in [2.45, 2.75) is 24.4 Å². The first kappa shape index (κ1) is 9.94. The summed E-state index contributed by atoms with van der Waals surface area (Å²) in [6.45, 7) is 0.0463. The van der Waals surface area contributed by atoms with Crippen LogP contribution in [-0.4, -0.2) is 17.5 Å². The average Bonchev–Trinajstić information content (AvgIpc) is 1.62. The van der Waals surface area contributed by atoms with Gasteiger partial charge >= 0.3 is 5.38 Å². The standard InChI is InChI=1S/C4H4ClF5/c1-3(8,2(6)7)4(5,9)10/h2H,1H3. The van der Waals surface area contributed by atoms with Crippen LogP contribution in [0.15, 0.2) is 0 Å². The third-order valence-corrected chi connectivity index (χ3v) is 1.33. The van der Waals surface area contributed by atoms with Crippen molar-refractivity contribution in [1.82, 2.24) is 0 Å². The molecule has 0 radical (unpaired) electrons. The molecule has 0 aliphatic heterocycles. The molecule has 0 aromatic rings. The number of rotatable bonds is 2. The summed E-state index contributed by atoms with van der Waals surface area (Å²) >= 11 is 4.03. The number of hydrogen-bond donors (Lipinski definition) is 0. The van der Waals surface area contributed by atoms with E-state index in [1.165, 1.54) is 0 Å². The Morgan fingerprint density at radius 2 is 1.50 bits per heavy atom. The summed E-state index contributed by atoms with van der Waals surface area (Å²) in [5, 5.41) is -4.53. The first-order valence-corrected chi connectivity index (χ1v) is 2.61. The Morgan fingerprint density at radius 3 is 1.50 bits per heavy atom. The van der Waals surface area contributed by atoms with Crippen molar-refractivity contribution in [3.8, 4) is 0 Å². The fourth-order valence-corrected chi connectivity index (χ4v) is 0.206. The fraction of sp³-hybridized carbons (Fsp3) is 1.00. The molecule has 0 aliphatic rings. The molecule has 1 atom stereocenters. The van der Waals surface area contributed by atoms with E-state index >= 15 is 0 Å². The van der Waals surface area contributed by atoms with E-state index in [9.17, 15) is 22.0 Å². The summed E-state index contributed by atoms with van der Waals surface area (Å²) in [5.41, 5.74) is -3.96. The van der Waals surface area contributed by atoms with Crippen LogP contribution in [0, 0.1) is 0 Å². The van der Waals surface area contributed by atoms with Gasteiger partial charge in [0.2, 0.25) is 5.67 Å². The van der Waals surface area contributed by atoms with Crippen LogP contribution in [-0.2, 0) is 0 Å². The molecule has 0 nitrogen and oxygen atoms in total. The number of alkyl halides is 6. The highest BCUT2D eigenvalue weighted by Crippen LogP contribution is 2.40. The van der Waals surface area contributed by atoms with Crippen LogP contribution in [0.5, 0.6) is 0 Å². The second-order valence-electron chi connectivity index (χ2n) is 1.87. The molecule has 0 N–H and O–H groups in total. The van der Waals surface area contributed by atoms with Crippen molar-refractivity contribution in [3.05, 3.63) is 0 Å². The van der Waals surface area contributed by atoms with Gasteiger partial charge in [-0.05, 0) is 18.5 Å². The first-order valence-electron chi connectivity index (χ1n) is 2.23. The number of halogens is 6. The topological polar surface area (TPSA) is 0 Å². The molecular formula is C4H4ClF5. The van der Waals surface area contributed by atoms with Crippen molar-refractivity contribution < 1.29 is 22.0 Å². The van der Waals surface area contributed by atoms with E-state index in [0.29, 0.717) is 0 Å². The quantitative estimate of drug-likeness (QED) is 0.455. The van der Waals surface area contributed by atoms with Crippen LogP contribution in [0.2, 0.25) is 0 Å². The van der Waals surface area contributed by atoms with Gasteiger partial charge in [0.25, 0.3) is 6.43 Å². The van der Waals surface area contributed by atoms with E-state index in [0.717, 1.165) is 0 Å².